The van der Waals surface area contributed by atoms with Crippen LogP contribution in [0.1, 0.15) is 85.6 Å². The molecule has 0 amide bonds. The number of nitrogens with zero attached hydrogens (tertiary/aromatic N) is 2. The van der Waals surface area contributed by atoms with Crippen LogP contribution >= 0.6 is 11.3 Å². The molecule has 0 saturated heterocycles. The Bertz CT molecular complexity index is 1400. The van der Waals surface area contributed by atoms with Crippen molar-refractivity contribution in [3.05, 3.63) is 93.9 Å². The van der Waals surface area contributed by atoms with E-state index in [2.05, 4.69) is 72.5 Å². The van der Waals surface area contributed by atoms with E-state index in [1.54, 1.807) is 11.3 Å². The smallest absolute Gasteiger partial charge is 0.321 e. The molecule has 2 aromatic heterocycles. The van der Waals surface area contributed by atoms with Gasteiger partial charge in [-0.05, 0) is 78.7 Å². The van der Waals surface area contributed by atoms with Crippen LogP contribution < -0.4 is 5.32 Å². The third kappa shape index (κ3) is 7.49. The third-order valence-corrected chi connectivity index (χ3v) is 9.90. The number of aromatic nitrogens is 2. The van der Waals surface area contributed by atoms with Crippen molar-refractivity contribution in [2.75, 3.05) is 0 Å². The van der Waals surface area contributed by atoms with Crippen LogP contribution in [0.15, 0.2) is 73.1 Å². The number of rotatable bonds is 11. The van der Waals surface area contributed by atoms with Crippen molar-refractivity contribution >= 4 is 17.3 Å². The molecule has 0 radical (unpaired) electrons. The number of thiophene rings is 1. The van der Waals surface area contributed by atoms with E-state index in [1.165, 1.54) is 42.5 Å². The van der Waals surface area contributed by atoms with Gasteiger partial charge >= 0.3 is 5.97 Å². The van der Waals surface area contributed by atoms with Crippen molar-refractivity contribution in [1.29, 1.82) is 0 Å². The van der Waals surface area contributed by atoms with Gasteiger partial charge in [0.2, 0.25) is 0 Å². The third-order valence-electron chi connectivity index (χ3n) is 8.52. The average molecular weight is 568 g/mol. The van der Waals surface area contributed by atoms with E-state index < -0.39 is 12.0 Å². The average Bonchev–Trinajstić information content (AvgIpc) is 3.49. The van der Waals surface area contributed by atoms with Crippen LogP contribution in [-0.2, 0) is 17.8 Å². The number of carbonyl (C=O) groups is 1. The van der Waals surface area contributed by atoms with Gasteiger partial charge in [0, 0.05) is 39.8 Å². The van der Waals surface area contributed by atoms with E-state index in [9.17, 15) is 9.90 Å². The summed E-state index contributed by atoms with van der Waals surface area (Å²) >= 11 is 1.74. The van der Waals surface area contributed by atoms with Gasteiger partial charge in [-0.1, -0.05) is 75.7 Å². The second-order valence-corrected chi connectivity index (χ2v) is 12.9. The first kappa shape index (κ1) is 29.2. The van der Waals surface area contributed by atoms with Gasteiger partial charge in [0.05, 0.1) is 0 Å². The number of hydrogen-bond donors (Lipinski definition) is 2. The van der Waals surface area contributed by atoms with Gasteiger partial charge in [-0.2, -0.15) is 0 Å². The van der Waals surface area contributed by atoms with Crippen molar-refractivity contribution in [3.63, 3.8) is 0 Å². The van der Waals surface area contributed by atoms with Crippen LogP contribution in [0.4, 0.5) is 0 Å². The molecule has 4 aromatic rings. The molecule has 1 fully saturated rings. The van der Waals surface area contributed by atoms with E-state index in [0.717, 1.165) is 33.0 Å². The van der Waals surface area contributed by atoms with Gasteiger partial charge in [-0.3, -0.25) is 10.1 Å². The highest BCUT2D eigenvalue weighted by Crippen LogP contribution is 2.37. The van der Waals surface area contributed by atoms with Crippen LogP contribution in [0.2, 0.25) is 0 Å². The molecule has 1 atom stereocenters. The molecule has 0 aliphatic heterocycles. The lowest BCUT2D eigenvalue weighted by Gasteiger charge is -2.28. The van der Waals surface area contributed by atoms with Crippen molar-refractivity contribution in [2.45, 2.75) is 83.7 Å². The normalized spacial score (nSPS) is 18.0. The van der Waals surface area contributed by atoms with Crippen molar-refractivity contribution in [2.24, 2.45) is 5.92 Å². The summed E-state index contributed by atoms with van der Waals surface area (Å²) in [7, 11) is 0. The predicted octanol–water partition coefficient (Wildman–Crippen LogP) is 8.46. The summed E-state index contributed by atoms with van der Waals surface area (Å²) in [6.07, 6.45) is 10.8. The summed E-state index contributed by atoms with van der Waals surface area (Å²) in [5, 5.41) is 13.0. The monoisotopic (exact) mass is 567 g/mol. The molecule has 0 spiro atoms. The summed E-state index contributed by atoms with van der Waals surface area (Å²) in [5.41, 5.74) is 5.47. The Morgan fingerprint density at radius 2 is 1.56 bits per heavy atom. The maximum Gasteiger partial charge on any atom is 0.321 e. The second kappa shape index (κ2) is 13.5. The Balaban J connectivity index is 1.18. The Labute approximate surface area is 248 Å². The summed E-state index contributed by atoms with van der Waals surface area (Å²) in [6.45, 7) is 7.20. The number of carboxylic acid groups (broad SMARTS) is 1. The fourth-order valence-corrected chi connectivity index (χ4v) is 6.74. The molecule has 1 saturated carbocycles. The highest BCUT2D eigenvalue weighted by atomic mass is 32.1. The zero-order valence-corrected chi connectivity index (χ0v) is 25.2. The fourth-order valence-electron chi connectivity index (χ4n) is 5.77. The highest BCUT2D eigenvalue weighted by Gasteiger charge is 2.21. The lowest BCUT2D eigenvalue weighted by atomic mass is 9.78. The fraction of sp³-hybridized carbons (Fsp3) is 0.400. The predicted molar refractivity (Wildman–Crippen MR) is 168 cm³/mol. The summed E-state index contributed by atoms with van der Waals surface area (Å²) < 4.78 is 0. The molecule has 1 aliphatic carbocycles. The Kier molecular flexibility index (Phi) is 9.63. The molecule has 2 aromatic carbocycles. The van der Waals surface area contributed by atoms with Gasteiger partial charge < -0.3 is 5.11 Å². The maximum atomic E-state index is 11.9. The van der Waals surface area contributed by atoms with Gasteiger partial charge in [0.1, 0.15) is 6.04 Å². The SMILES string of the molecule is CC[C@H]1CC[C@H](c2ccc(-c3cnc(-c4ccc(C[C@H](NCc5ccc(C(C)C)s5)C(=O)O)cc4)nc3)cc2)CC1. The maximum absolute atomic E-state index is 11.9. The standard InChI is InChI=1S/C35H41N3O2S/c1-4-24-5-9-26(10-6-24)27-13-15-28(16-14-27)30-20-37-34(38-21-30)29-11-7-25(8-12-29)19-32(35(39)40)36-22-31-17-18-33(41-31)23(2)3/h7-8,11-18,20-21,23-24,26,32,36H,4-6,9-10,19,22H2,1-3H3,(H,39,40)/t24-,26-,32-/m0/s1. The molecular formula is C35H41N3O2S. The largest absolute Gasteiger partial charge is 0.480 e. The van der Waals surface area contributed by atoms with E-state index in [1.807, 2.05) is 36.7 Å². The lowest BCUT2D eigenvalue weighted by Crippen LogP contribution is -2.37. The first-order valence-corrected chi connectivity index (χ1v) is 15.8. The van der Waals surface area contributed by atoms with Gasteiger partial charge in [0.25, 0.3) is 0 Å². The number of nitrogens with one attached hydrogen (secondary N) is 1. The molecule has 5 rings (SSSR count). The van der Waals surface area contributed by atoms with Gasteiger partial charge in [-0.25, -0.2) is 9.97 Å². The van der Waals surface area contributed by atoms with Crippen LogP contribution in [0.25, 0.3) is 22.5 Å². The summed E-state index contributed by atoms with van der Waals surface area (Å²) in [6, 6.07) is 20.4. The van der Waals surface area contributed by atoms with E-state index in [0.29, 0.717) is 30.6 Å². The van der Waals surface area contributed by atoms with Crippen LogP contribution in [-0.4, -0.2) is 27.1 Å². The molecule has 0 bridgehead atoms. The summed E-state index contributed by atoms with van der Waals surface area (Å²) in [4.78, 5) is 23.7. The van der Waals surface area contributed by atoms with Crippen LogP contribution in [0.5, 0.6) is 0 Å². The van der Waals surface area contributed by atoms with Gasteiger partial charge in [-0.15, -0.1) is 11.3 Å². The van der Waals surface area contributed by atoms with Crippen molar-refractivity contribution < 1.29 is 9.90 Å². The van der Waals surface area contributed by atoms with Crippen molar-refractivity contribution in [3.8, 4) is 22.5 Å². The molecule has 214 valence electrons. The number of carboxylic acids is 1. The first-order chi connectivity index (χ1) is 19.9. The summed E-state index contributed by atoms with van der Waals surface area (Å²) in [5.74, 6) is 1.90. The minimum absolute atomic E-state index is 0.411. The molecule has 6 heteroatoms. The Morgan fingerprint density at radius 3 is 2.15 bits per heavy atom. The Morgan fingerprint density at radius 1 is 0.902 bits per heavy atom. The van der Waals surface area contributed by atoms with E-state index >= 15 is 0 Å². The molecule has 1 aliphatic rings. The second-order valence-electron chi connectivity index (χ2n) is 11.7. The van der Waals surface area contributed by atoms with E-state index in [-0.39, 0.29) is 0 Å². The number of aliphatic carboxylic acids is 1. The minimum atomic E-state index is -0.842. The topological polar surface area (TPSA) is 75.1 Å². The number of hydrogen-bond acceptors (Lipinski definition) is 5. The Hall–Kier alpha value is -3.35. The molecule has 5 nitrogen and oxygen atoms in total. The zero-order valence-electron chi connectivity index (χ0n) is 24.3. The molecule has 0 unspecified atom stereocenters. The zero-order chi connectivity index (χ0) is 28.8. The van der Waals surface area contributed by atoms with Crippen molar-refractivity contribution in [1.82, 2.24) is 15.3 Å². The molecule has 41 heavy (non-hydrogen) atoms. The van der Waals surface area contributed by atoms with Gasteiger partial charge in [0.15, 0.2) is 5.82 Å². The lowest BCUT2D eigenvalue weighted by molar-refractivity contribution is -0.139. The first-order valence-electron chi connectivity index (χ1n) is 15.0. The van der Waals surface area contributed by atoms with E-state index in [4.69, 9.17) is 0 Å². The molecule has 2 N–H and O–H groups in total. The van der Waals surface area contributed by atoms with Crippen LogP contribution in [0.3, 0.4) is 0 Å². The van der Waals surface area contributed by atoms with Crippen LogP contribution in [0, 0.1) is 5.92 Å². The number of benzene rings is 2. The highest BCUT2D eigenvalue weighted by molar-refractivity contribution is 7.12. The molecule has 2 heterocycles. The quantitative estimate of drug-likeness (QED) is 0.190. The minimum Gasteiger partial charge on any atom is -0.480 e. The molecular weight excluding hydrogens is 526 g/mol.